The fourth-order valence-electron chi connectivity index (χ4n) is 8.76. The molecule has 11 rings (SSSR count). The van der Waals surface area contributed by atoms with E-state index in [1.165, 1.54) is 54.5 Å². The molecule has 0 atom stereocenters. The summed E-state index contributed by atoms with van der Waals surface area (Å²) in [6.45, 7) is 0. The van der Waals surface area contributed by atoms with Crippen LogP contribution in [0.2, 0.25) is 0 Å². The Morgan fingerprint density at radius 3 is 1.62 bits per heavy atom. The molecule has 0 saturated heterocycles. The zero-order valence-corrected chi connectivity index (χ0v) is 31.8. The summed E-state index contributed by atoms with van der Waals surface area (Å²) in [5.74, 6) is 0. The van der Waals surface area contributed by atoms with E-state index in [-0.39, 0.29) is 0 Å². The van der Waals surface area contributed by atoms with E-state index >= 15 is 0 Å². The van der Waals surface area contributed by atoms with Crippen molar-refractivity contribution in [3.8, 4) is 39.1 Å². The van der Waals surface area contributed by atoms with Crippen LogP contribution in [-0.4, -0.2) is 4.57 Å². The lowest BCUT2D eigenvalue weighted by atomic mass is 9.93. The van der Waals surface area contributed by atoms with Crippen LogP contribution in [0.3, 0.4) is 0 Å². The molecule has 0 spiro atoms. The minimum absolute atomic E-state index is 1.08. The molecule has 0 fully saturated rings. The molecule has 1 heterocycles. The van der Waals surface area contributed by atoms with Crippen molar-refractivity contribution in [2.75, 3.05) is 4.90 Å². The normalized spacial score (nSPS) is 11.4. The Hall–Kier alpha value is -7.68. The summed E-state index contributed by atoms with van der Waals surface area (Å²) in [6.07, 6.45) is 0. The smallest absolute Gasteiger partial charge is 0.0561 e. The zero-order chi connectivity index (χ0) is 38.4. The van der Waals surface area contributed by atoms with Crippen molar-refractivity contribution in [2.24, 2.45) is 0 Å². The van der Waals surface area contributed by atoms with Gasteiger partial charge in [-0.25, -0.2) is 0 Å². The van der Waals surface area contributed by atoms with Gasteiger partial charge in [0.2, 0.25) is 0 Å². The number of hydrogen-bond acceptors (Lipinski definition) is 1. The second-order valence-corrected chi connectivity index (χ2v) is 15.0. The molecule has 10 aromatic carbocycles. The van der Waals surface area contributed by atoms with Crippen LogP contribution in [-0.2, 0) is 0 Å². The second kappa shape index (κ2) is 14.1. The molecule has 1 aromatic heterocycles. The molecular formula is C56H38N2. The lowest BCUT2D eigenvalue weighted by Crippen LogP contribution is -2.13. The van der Waals surface area contributed by atoms with Crippen LogP contribution < -0.4 is 4.90 Å². The molecule has 0 aliphatic rings. The SMILES string of the molecule is c1ccc(-c2ccccc2N(c2ccc3c4ccccc4n(-c4ccccc4)c3c2)c2ccc(-c3ccc4ccccc4c3)cc2-c2ccc3ccccc3c2)cc1. The molecule has 0 bridgehead atoms. The first-order chi connectivity index (χ1) is 28.8. The van der Waals surface area contributed by atoms with Gasteiger partial charge in [-0.3, -0.25) is 0 Å². The van der Waals surface area contributed by atoms with Crippen molar-refractivity contribution in [3.05, 3.63) is 231 Å². The highest BCUT2D eigenvalue weighted by atomic mass is 15.1. The number of rotatable bonds is 7. The number of nitrogens with zero attached hydrogens (tertiary/aromatic N) is 2. The lowest BCUT2D eigenvalue weighted by Gasteiger charge is -2.30. The average molecular weight is 739 g/mol. The van der Waals surface area contributed by atoms with Crippen LogP contribution in [0.4, 0.5) is 17.1 Å². The molecule has 0 N–H and O–H groups in total. The van der Waals surface area contributed by atoms with E-state index in [0.717, 1.165) is 45.0 Å². The molecule has 11 aromatic rings. The highest BCUT2D eigenvalue weighted by Gasteiger charge is 2.23. The predicted molar refractivity (Wildman–Crippen MR) is 247 cm³/mol. The second-order valence-electron chi connectivity index (χ2n) is 15.0. The average Bonchev–Trinajstić information content (AvgIpc) is 3.63. The van der Waals surface area contributed by atoms with E-state index in [2.05, 4.69) is 240 Å². The van der Waals surface area contributed by atoms with Crippen LogP contribution in [0.5, 0.6) is 0 Å². The van der Waals surface area contributed by atoms with Crippen LogP contribution in [0, 0.1) is 0 Å². The van der Waals surface area contributed by atoms with Crippen molar-refractivity contribution in [1.82, 2.24) is 4.57 Å². The van der Waals surface area contributed by atoms with Gasteiger partial charge in [-0.2, -0.15) is 0 Å². The summed E-state index contributed by atoms with van der Waals surface area (Å²) in [5.41, 5.74) is 13.8. The zero-order valence-electron chi connectivity index (χ0n) is 31.8. The number of fused-ring (bicyclic) bond motifs is 5. The third-order valence-electron chi connectivity index (χ3n) is 11.5. The number of benzene rings is 10. The standard InChI is InChI=1S/C56H38N2/c1-3-17-41(18-4-1)49-23-11-13-25-53(49)58(48-32-33-51-50-24-12-14-26-54(50)57(56(51)38-48)47-21-5-2-6-22-47)55-34-31-45(44-29-27-39-15-7-9-19-42(39)35-44)37-52(55)46-30-28-40-16-8-10-20-43(40)36-46/h1-38H. The Labute approximate surface area is 338 Å². The summed E-state index contributed by atoms with van der Waals surface area (Å²) < 4.78 is 2.41. The van der Waals surface area contributed by atoms with Crippen LogP contribution >= 0.6 is 0 Å². The van der Waals surface area contributed by atoms with E-state index in [0.29, 0.717) is 0 Å². The number of anilines is 3. The van der Waals surface area contributed by atoms with Crippen molar-refractivity contribution in [3.63, 3.8) is 0 Å². The molecule has 2 heteroatoms. The molecule has 2 nitrogen and oxygen atoms in total. The van der Waals surface area contributed by atoms with Crippen molar-refractivity contribution >= 4 is 60.4 Å². The molecular weight excluding hydrogens is 701 g/mol. The molecule has 58 heavy (non-hydrogen) atoms. The Bertz CT molecular complexity index is 3290. The quantitative estimate of drug-likeness (QED) is 0.158. The van der Waals surface area contributed by atoms with E-state index in [1.807, 2.05) is 0 Å². The summed E-state index contributed by atoms with van der Waals surface area (Å²) in [5, 5.41) is 7.37. The Morgan fingerprint density at radius 2 is 0.845 bits per heavy atom. The van der Waals surface area contributed by atoms with Crippen molar-refractivity contribution in [1.29, 1.82) is 0 Å². The fourth-order valence-corrected chi connectivity index (χ4v) is 8.76. The molecule has 0 unspecified atom stereocenters. The topological polar surface area (TPSA) is 8.17 Å². The maximum Gasteiger partial charge on any atom is 0.0561 e. The summed E-state index contributed by atoms with van der Waals surface area (Å²) in [7, 11) is 0. The minimum Gasteiger partial charge on any atom is -0.309 e. The van der Waals surface area contributed by atoms with Gasteiger partial charge in [0, 0.05) is 33.3 Å². The largest absolute Gasteiger partial charge is 0.309 e. The Morgan fingerprint density at radius 1 is 0.293 bits per heavy atom. The molecule has 0 saturated carbocycles. The van der Waals surface area contributed by atoms with E-state index in [4.69, 9.17) is 0 Å². The minimum atomic E-state index is 1.08. The molecule has 0 aliphatic carbocycles. The van der Waals surface area contributed by atoms with Gasteiger partial charge in [-0.1, -0.05) is 170 Å². The summed E-state index contributed by atoms with van der Waals surface area (Å²) in [4.78, 5) is 2.48. The Balaban J connectivity index is 1.21. The molecule has 0 amide bonds. The van der Waals surface area contributed by atoms with Crippen molar-refractivity contribution in [2.45, 2.75) is 0 Å². The van der Waals surface area contributed by atoms with E-state index < -0.39 is 0 Å². The highest BCUT2D eigenvalue weighted by molar-refractivity contribution is 6.11. The van der Waals surface area contributed by atoms with Gasteiger partial charge < -0.3 is 9.47 Å². The van der Waals surface area contributed by atoms with Crippen LogP contribution in [0.25, 0.3) is 82.4 Å². The summed E-state index contributed by atoms with van der Waals surface area (Å²) >= 11 is 0. The maximum atomic E-state index is 2.48. The van der Waals surface area contributed by atoms with E-state index in [1.54, 1.807) is 0 Å². The maximum absolute atomic E-state index is 2.48. The Kier molecular flexibility index (Phi) is 8.19. The highest BCUT2D eigenvalue weighted by Crippen LogP contribution is 2.47. The first-order valence-corrected chi connectivity index (χ1v) is 19.9. The molecule has 272 valence electrons. The monoisotopic (exact) mass is 738 g/mol. The van der Waals surface area contributed by atoms with Crippen molar-refractivity contribution < 1.29 is 0 Å². The fraction of sp³-hybridized carbons (Fsp3) is 0. The first kappa shape index (κ1) is 33.6. The number of aromatic nitrogens is 1. The van der Waals surface area contributed by atoms with Gasteiger partial charge in [0.25, 0.3) is 0 Å². The van der Waals surface area contributed by atoms with Gasteiger partial charge in [0.15, 0.2) is 0 Å². The van der Waals surface area contributed by atoms with Gasteiger partial charge in [-0.05, 0) is 104 Å². The number of para-hydroxylation sites is 3. The third-order valence-corrected chi connectivity index (χ3v) is 11.5. The third kappa shape index (κ3) is 5.82. The van der Waals surface area contributed by atoms with Crippen LogP contribution in [0.1, 0.15) is 0 Å². The van der Waals surface area contributed by atoms with Crippen LogP contribution in [0.15, 0.2) is 231 Å². The van der Waals surface area contributed by atoms with Gasteiger partial charge in [0.1, 0.15) is 0 Å². The first-order valence-electron chi connectivity index (χ1n) is 19.9. The lowest BCUT2D eigenvalue weighted by molar-refractivity contribution is 1.18. The van der Waals surface area contributed by atoms with Gasteiger partial charge >= 0.3 is 0 Å². The van der Waals surface area contributed by atoms with E-state index in [9.17, 15) is 0 Å². The predicted octanol–water partition coefficient (Wildman–Crippen LogP) is 15.6. The number of hydrogen-bond donors (Lipinski definition) is 0. The molecule has 0 radical (unpaired) electrons. The summed E-state index contributed by atoms with van der Waals surface area (Å²) in [6, 6.07) is 84.0. The van der Waals surface area contributed by atoms with Gasteiger partial charge in [-0.15, -0.1) is 0 Å². The van der Waals surface area contributed by atoms with Gasteiger partial charge in [0.05, 0.1) is 22.4 Å². The molecule has 0 aliphatic heterocycles.